The van der Waals surface area contributed by atoms with Crippen LogP contribution in [0.25, 0.3) is 0 Å². The van der Waals surface area contributed by atoms with Gasteiger partial charge in [0.1, 0.15) is 5.54 Å². The Hall–Kier alpha value is -1.22. The number of ketones is 1. The zero-order valence-corrected chi connectivity index (χ0v) is 7.58. The monoisotopic (exact) mass is 176 g/mol. The fourth-order valence-corrected chi connectivity index (χ4v) is 1.67. The quantitative estimate of drug-likeness (QED) is 0.690. The lowest BCUT2D eigenvalue weighted by Gasteiger charge is -2.21. The van der Waals surface area contributed by atoms with Crippen LogP contribution in [0, 0.1) is 0 Å². The van der Waals surface area contributed by atoms with Crippen LogP contribution >= 0.6 is 0 Å². The van der Waals surface area contributed by atoms with Crippen LogP contribution in [0.15, 0.2) is 24.4 Å². The number of carbonyl (C=O) groups is 1. The van der Waals surface area contributed by atoms with Crippen LogP contribution in [-0.2, 0) is 10.3 Å². The third-order valence-corrected chi connectivity index (χ3v) is 2.57. The summed E-state index contributed by atoms with van der Waals surface area (Å²) in [5.41, 5.74) is 0.263. The highest BCUT2D eigenvalue weighted by Gasteiger charge is 2.39. The van der Waals surface area contributed by atoms with Gasteiger partial charge in [-0.15, -0.1) is 0 Å². The molecule has 0 radical (unpaired) electrons. The van der Waals surface area contributed by atoms with Gasteiger partial charge in [0.2, 0.25) is 0 Å². The second-order valence-electron chi connectivity index (χ2n) is 3.44. The van der Waals surface area contributed by atoms with Crippen LogP contribution in [0.4, 0.5) is 0 Å². The molecule has 13 heavy (non-hydrogen) atoms. The molecule has 0 bridgehead atoms. The van der Waals surface area contributed by atoms with Gasteiger partial charge in [0.15, 0.2) is 5.78 Å². The van der Waals surface area contributed by atoms with Crippen molar-refractivity contribution in [1.82, 2.24) is 10.3 Å². The minimum Gasteiger partial charge on any atom is -0.300 e. The van der Waals surface area contributed by atoms with Crippen molar-refractivity contribution >= 4 is 5.78 Å². The Morgan fingerprint density at radius 1 is 1.54 bits per heavy atom. The summed E-state index contributed by atoms with van der Waals surface area (Å²) >= 11 is 0. The Kier molecular flexibility index (Phi) is 1.88. The Bertz CT molecular complexity index is 323. The van der Waals surface area contributed by atoms with E-state index in [2.05, 4.69) is 10.3 Å². The first-order valence-electron chi connectivity index (χ1n) is 4.43. The number of aromatic nitrogens is 1. The normalized spacial score (nSPS) is 27.9. The molecule has 1 unspecified atom stereocenters. The zero-order valence-electron chi connectivity index (χ0n) is 7.58. The molecule has 0 amide bonds. The highest BCUT2D eigenvalue weighted by molar-refractivity contribution is 5.90. The van der Waals surface area contributed by atoms with Crippen molar-refractivity contribution in [2.75, 3.05) is 6.54 Å². The van der Waals surface area contributed by atoms with Crippen LogP contribution in [0.3, 0.4) is 0 Å². The predicted octanol–water partition coefficient (Wildman–Crippen LogP) is 0.859. The van der Waals surface area contributed by atoms with Gasteiger partial charge in [-0.05, 0) is 19.1 Å². The van der Waals surface area contributed by atoms with Crippen molar-refractivity contribution in [3.8, 4) is 0 Å². The van der Waals surface area contributed by atoms with E-state index in [-0.39, 0.29) is 5.78 Å². The molecule has 1 aliphatic rings. The number of Topliss-reactive ketones (excluding diaryl/α,β-unsaturated/α-hetero) is 1. The third kappa shape index (κ3) is 1.25. The lowest BCUT2D eigenvalue weighted by atomic mass is 9.94. The van der Waals surface area contributed by atoms with Gasteiger partial charge in [0.05, 0.1) is 5.69 Å². The van der Waals surface area contributed by atoms with E-state index < -0.39 is 5.54 Å². The van der Waals surface area contributed by atoms with E-state index in [0.29, 0.717) is 6.42 Å². The smallest absolute Gasteiger partial charge is 0.159 e. The number of hydrogen-bond donors (Lipinski definition) is 1. The van der Waals surface area contributed by atoms with Crippen molar-refractivity contribution in [3.05, 3.63) is 30.1 Å². The fraction of sp³-hybridized carbons (Fsp3) is 0.400. The van der Waals surface area contributed by atoms with Crippen LogP contribution in [0.2, 0.25) is 0 Å². The molecule has 2 rings (SSSR count). The Balaban J connectivity index is 2.40. The van der Waals surface area contributed by atoms with E-state index in [1.807, 2.05) is 25.1 Å². The highest BCUT2D eigenvalue weighted by Crippen LogP contribution is 2.24. The number of nitrogens with one attached hydrogen (secondary N) is 1. The first-order valence-corrected chi connectivity index (χ1v) is 4.43. The van der Waals surface area contributed by atoms with E-state index in [9.17, 15) is 4.79 Å². The highest BCUT2D eigenvalue weighted by atomic mass is 16.1. The summed E-state index contributed by atoms with van der Waals surface area (Å²) in [7, 11) is 0. The van der Waals surface area contributed by atoms with Crippen molar-refractivity contribution in [1.29, 1.82) is 0 Å². The maximum Gasteiger partial charge on any atom is 0.159 e. The molecule has 3 nitrogen and oxygen atoms in total. The van der Waals surface area contributed by atoms with E-state index in [1.54, 1.807) is 6.20 Å². The van der Waals surface area contributed by atoms with Crippen molar-refractivity contribution in [2.24, 2.45) is 0 Å². The first kappa shape index (κ1) is 8.38. The second kappa shape index (κ2) is 2.92. The second-order valence-corrected chi connectivity index (χ2v) is 3.44. The van der Waals surface area contributed by atoms with Gasteiger partial charge < -0.3 is 0 Å². The fourth-order valence-electron chi connectivity index (χ4n) is 1.67. The van der Waals surface area contributed by atoms with Gasteiger partial charge in [-0.1, -0.05) is 6.07 Å². The minimum atomic E-state index is -0.554. The summed E-state index contributed by atoms with van der Waals surface area (Å²) in [6, 6.07) is 5.64. The minimum absolute atomic E-state index is 0.228. The summed E-state index contributed by atoms with van der Waals surface area (Å²) < 4.78 is 0. The zero-order chi connectivity index (χ0) is 9.31. The average molecular weight is 176 g/mol. The molecule has 0 saturated carbocycles. The molecule has 0 aliphatic carbocycles. The molecular weight excluding hydrogens is 164 g/mol. The molecule has 1 atom stereocenters. The number of pyridine rings is 1. The summed E-state index contributed by atoms with van der Waals surface area (Å²) in [5.74, 6) is 0.228. The van der Waals surface area contributed by atoms with Crippen LogP contribution in [0.5, 0.6) is 0 Å². The maximum atomic E-state index is 11.6. The summed E-state index contributed by atoms with van der Waals surface area (Å²) in [6.07, 6.45) is 2.32. The van der Waals surface area contributed by atoms with E-state index in [4.69, 9.17) is 0 Å². The summed E-state index contributed by atoms with van der Waals surface area (Å²) in [4.78, 5) is 15.8. The Morgan fingerprint density at radius 3 is 2.92 bits per heavy atom. The lowest BCUT2D eigenvalue weighted by Crippen LogP contribution is -2.39. The number of hydrogen-bond acceptors (Lipinski definition) is 3. The predicted molar refractivity (Wildman–Crippen MR) is 49.2 cm³/mol. The standard InChI is InChI=1S/C10H12N2O/c1-10(9(13)5-7-12-10)8-4-2-3-6-11-8/h2-4,6,12H,5,7H2,1H3. The van der Waals surface area contributed by atoms with Gasteiger partial charge >= 0.3 is 0 Å². The van der Waals surface area contributed by atoms with Gasteiger partial charge in [0.25, 0.3) is 0 Å². The molecule has 3 heteroatoms. The van der Waals surface area contributed by atoms with Gasteiger partial charge in [-0.25, -0.2) is 0 Å². The molecule has 1 N–H and O–H groups in total. The molecular formula is C10H12N2O. The largest absolute Gasteiger partial charge is 0.300 e. The first-order chi connectivity index (χ1) is 6.23. The van der Waals surface area contributed by atoms with Crippen molar-refractivity contribution < 1.29 is 4.79 Å². The molecule has 0 aromatic carbocycles. The third-order valence-electron chi connectivity index (χ3n) is 2.57. The van der Waals surface area contributed by atoms with Crippen LogP contribution in [-0.4, -0.2) is 17.3 Å². The maximum absolute atomic E-state index is 11.6. The molecule has 1 aromatic heterocycles. The number of nitrogens with zero attached hydrogens (tertiary/aromatic N) is 1. The van der Waals surface area contributed by atoms with Crippen LogP contribution < -0.4 is 5.32 Å². The van der Waals surface area contributed by atoms with Gasteiger partial charge in [0, 0.05) is 19.2 Å². The van der Waals surface area contributed by atoms with Crippen molar-refractivity contribution in [3.63, 3.8) is 0 Å². The molecule has 68 valence electrons. The van der Waals surface area contributed by atoms with E-state index in [0.717, 1.165) is 12.2 Å². The van der Waals surface area contributed by atoms with Gasteiger partial charge in [-0.3, -0.25) is 15.1 Å². The Labute approximate surface area is 77.2 Å². The van der Waals surface area contributed by atoms with Crippen molar-refractivity contribution in [2.45, 2.75) is 18.9 Å². The van der Waals surface area contributed by atoms with Gasteiger partial charge in [-0.2, -0.15) is 0 Å². The summed E-state index contributed by atoms with van der Waals surface area (Å²) in [5, 5.41) is 3.19. The average Bonchev–Trinajstić information content (AvgIpc) is 2.50. The van der Waals surface area contributed by atoms with E-state index >= 15 is 0 Å². The topological polar surface area (TPSA) is 42.0 Å². The Morgan fingerprint density at radius 2 is 2.38 bits per heavy atom. The lowest BCUT2D eigenvalue weighted by molar-refractivity contribution is -0.122. The van der Waals surface area contributed by atoms with Crippen LogP contribution in [0.1, 0.15) is 19.0 Å². The SMILES string of the molecule is CC1(c2ccccn2)NCCC1=O. The number of rotatable bonds is 1. The summed E-state index contributed by atoms with van der Waals surface area (Å²) in [6.45, 7) is 2.65. The molecule has 1 aliphatic heterocycles. The van der Waals surface area contributed by atoms with E-state index in [1.165, 1.54) is 0 Å². The molecule has 0 spiro atoms. The molecule has 2 heterocycles. The molecule has 1 fully saturated rings. The molecule has 1 saturated heterocycles. The molecule has 1 aromatic rings. The number of carbonyl (C=O) groups excluding carboxylic acids is 1.